The average molecular weight is 523 g/mol. The van der Waals surface area contributed by atoms with Crippen LogP contribution in [0.25, 0.3) is 0 Å². The molecule has 0 saturated carbocycles. The molecule has 2 aliphatic rings. The maximum absolute atomic E-state index is 15.4. The third kappa shape index (κ3) is 7.14. The lowest BCUT2D eigenvalue weighted by Crippen LogP contribution is -2.41. The number of rotatable bonds is 6. The maximum atomic E-state index is 15.4. The van der Waals surface area contributed by atoms with E-state index in [-0.39, 0.29) is 35.6 Å². The molecule has 36 heavy (non-hydrogen) atoms. The molecule has 0 spiro atoms. The molecule has 9 heteroatoms. The Morgan fingerprint density at radius 2 is 1.78 bits per heavy atom. The second-order valence-electron chi connectivity index (χ2n) is 11.9. The number of ether oxygens (including phenoxy) is 1. The molecule has 0 aliphatic carbocycles. The fraction of sp³-hybridized carbons (Fsp3) is 0.667. The number of aliphatic carboxylic acids is 1. The lowest BCUT2D eigenvalue weighted by molar-refractivity contribution is -0.140. The highest BCUT2D eigenvalue weighted by atomic mass is 32.2. The van der Waals surface area contributed by atoms with Gasteiger partial charge in [0.25, 0.3) is 0 Å². The SMILES string of the molecule is CC(C)(C)CCN1C(=O)[C@H](CC(=O)O)SC1c1cccc(F)c1C1CCN(C(=O)OC(C)(C)C)CC1. The second-order valence-corrected chi connectivity index (χ2v) is 13.2. The quantitative estimate of drug-likeness (QED) is 0.509. The van der Waals surface area contributed by atoms with Crippen LogP contribution in [-0.2, 0) is 14.3 Å². The molecule has 2 atom stereocenters. The lowest BCUT2D eigenvalue weighted by atomic mass is 9.85. The average Bonchev–Trinajstić information content (AvgIpc) is 3.05. The van der Waals surface area contributed by atoms with E-state index in [1.54, 1.807) is 15.9 Å². The number of hydrogen-bond donors (Lipinski definition) is 1. The lowest BCUT2D eigenvalue weighted by Gasteiger charge is -2.35. The smallest absolute Gasteiger partial charge is 0.410 e. The Bertz CT molecular complexity index is 979. The molecule has 2 aliphatic heterocycles. The van der Waals surface area contributed by atoms with Crippen molar-refractivity contribution in [2.45, 2.75) is 89.4 Å². The van der Waals surface area contributed by atoms with Crippen molar-refractivity contribution in [3.8, 4) is 0 Å². The molecule has 0 radical (unpaired) electrons. The molecule has 2 fully saturated rings. The van der Waals surface area contributed by atoms with Gasteiger partial charge < -0.3 is 19.6 Å². The molecule has 2 heterocycles. The van der Waals surface area contributed by atoms with Gasteiger partial charge in [0.15, 0.2) is 0 Å². The Labute approximate surface area is 217 Å². The summed E-state index contributed by atoms with van der Waals surface area (Å²) in [5, 5.41) is 8.21. The van der Waals surface area contributed by atoms with Crippen LogP contribution in [0, 0.1) is 11.2 Å². The topological polar surface area (TPSA) is 87.2 Å². The monoisotopic (exact) mass is 522 g/mol. The summed E-state index contributed by atoms with van der Waals surface area (Å²) in [7, 11) is 0. The largest absolute Gasteiger partial charge is 0.481 e. The normalized spacial score (nSPS) is 21.7. The molecule has 3 rings (SSSR count). The fourth-order valence-corrected chi connectivity index (χ4v) is 6.19. The van der Waals surface area contributed by atoms with E-state index in [2.05, 4.69) is 20.8 Å². The van der Waals surface area contributed by atoms with E-state index in [0.717, 1.165) is 12.0 Å². The van der Waals surface area contributed by atoms with Gasteiger partial charge in [-0.2, -0.15) is 0 Å². The zero-order valence-electron chi connectivity index (χ0n) is 22.2. The third-order valence-corrected chi connectivity index (χ3v) is 7.97. The number of halogens is 1. The van der Waals surface area contributed by atoms with Gasteiger partial charge in [0, 0.05) is 19.6 Å². The Hall–Kier alpha value is -2.29. The van der Waals surface area contributed by atoms with Crippen LogP contribution in [0.3, 0.4) is 0 Å². The number of thioether (sulfide) groups is 1. The van der Waals surface area contributed by atoms with E-state index in [4.69, 9.17) is 4.74 Å². The fourth-order valence-electron chi connectivity index (χ4n) is 4.68. The van der Waals surface area contributed by atoms with Crippen LogP contribution >= 0.6 is 11.8 Å². The van der Waals surface area contributed by atoms with Crippen LogP contribution in [0.1, 0.15) is 89.6 Å². The summed E-state index contributed by atoms with van der Waals surface area (Å²) in [6.45, 7) is 13.2. The molecule has 0 bridgehead atoms. The number of piperidine rings is 1. The van der Waals surface area contributed by atoms with E-state index >= 15 is 4.39 Å². The molecule has 2 amide bonds. The van der Waals surface area contributed by atoms with Gasteiger partial charge in [0.2, 0.25) is 5.91 Å². The Kier molecular flexibility index (Phi) is 8.63. The number of nitrogens with zero attached hydrogens (tertiary/aromatic N) is 2. The molecule has 7 nitrogen and oxygen atoms in total. The number of amides is 2. The van der Waals surface area contributed by atoms with E-state index in [9.17, 15) is 19.5 Å². The summed E-state index contributed by atoms with van der Waals surface area (Å²) in [5.74, 6) is -1.66. The predicted octanol–water partition coefficient (Wildman–Crippen LogP) is 5.79. The van der Waals surface area contributed by atoms with Crippen LogP contribution in [0.4, 0.5) is 9.18 Å². The van der Waals surface area contributed by atoms with E-state index in [0.29, 0.717) is 38.0 Å². The van der Waals surface area contributed by atoms with Crippen molar-refractivity contribution in [2.75, 3.05) is 19.6 Å². The number of carbonyl (C=O) groups is 3. The van der Waals surface area contributed by atoms with Crippen molar-refractivity contribution >= 4 is 29.7 Å². The van der Waals surface area contributed by atoms with Gasteiger partial charge in [-0.3, -0.25) is 9.59 Å². The molecular weight excluding hydrogens is 483 g/mol. The first-order valence-electron chi connectivity index (χ1n) is 12.6. The molecule has 0 aromatic heterocycles. The number of carboxylic acid groups (broad SMARTS) is 1. The standard InChI is InChI=1S/C27H39FN2O5S/c1-26(2,3)12-15-30-23(33)20(16-21(31)32)36-24(30)18-8-7-9-19(28)22(18)17-10-13-29(14-11-17)25(34)35-27(4,5)6/h7-9,17,20,24H,10-16H2,1-6H3,(H,31,32)/t20-,24?/m0/s1. The van der Waals surface area contributed by atoms with Gasteiger partial charge in [0.1, 0.15) is 16.8 Å². The predicted molar refractivity (Wildman–Crippen MR) is 138 cm³/mol. The van der Waals surface area contributed by atoms with E-state index in [1.165, 1.54) is 17.8 Å². The zero-order chi connectivity index (χ0) is 26.8. The summed E-state index contributed by atoms with van der Waals surface area (Å²) >= 11 is 1.30. The number of carboxylic acids is 1. The van der Waals surface area contributed by atoms with Gasteiger partial charge in [-0.05, 0) is 68.6 Å². The number of carbonyl (C=O) groups excluding carboxylic acids is 2. The molecule has 200 valence electrons. The summed E-state index contributed by atoms with van der Waals surface area (Å²) in [5.41, 5.74) is 0.705. The molecule has 1 aromatic carbocycles. The highest BCUT2D eigenvalue weighted by Crippen LogP contribution is 2.48. The van der Waals surface area contributed by atoms with Crippen LogP contribution in [0.15, 0.2) is 18.2 Å². The molecule has 1 N–H and O–H groups in total. The van der Waals surface area contributed by atoms with Gasteiger partial charge in [-0.1, -0.05) is 32.9 Å². The minimum absolute atomic E-state index is 0.0142. The molecule has 1 aromatic rings. The van der Waals surface area contributed by atoms with Crippen LogP contribution in [0.2, 0.25) is 0 Å². The third-order valence-electron chi connectivity index (χ3n) is 6.51. The van der Waals surface area contributed by atoms with Gasteiger partial charge >= 0.3 is 12.1 Å². The van der Waals surface area contributed by atoms with Crippen molar-refractivity contribution in [2.24, 2.45) is 5.41 Å². The summed E-state index contributed by atoms with van der Waals surface area (Å²) < 4.78 is 20.8. The van der Waals surface area contributed by atoms with Crippen LogP contribution in [-0.4, -0.2) is 63.4 Å². The van der Waals surface area contributed by atoms with Gasteiger partial charge in [-0.15, -0.1) is 11.8 Å². The van der Waals surface area contributed by atoms with Crippen molar-refractivity contribution in [3.63, 3.8) is 0 Å². The zero-order valence-corrected chi connectivity index (χ0v) is 23.0. The van der Waals surface area contributed by atoms with Crippen LogP contribution in [0.5, 0.6) is 0 Å². The Morgan fingerprint density at radius 1 is 1.14 bits per heavy atom. The first-order chi connectivity index (χ1) is 16.7. The summed E-state index contributed by atoms with van der Waals surface area (Å²) in [4.78, 5) is 40.5. The van der Waals surface area contributed by atoms with E-state index < -0.39 is 22.2 Å². The Balaban J connectivity index is 1.86. The van der Waals surface area contributed by atoms with Crippen LogP contribution < -0.4 is 0 Å². The highest BCUT2D eigenvalue weighted by Gasteiger charge is 2.44. The van der Waals surface area contributed by atoms with Gasteiger partial charge in [-0.25, -0.2) is 9.18 Å². The summed E-state index contributed by atoms with van der Waals surface area (Å²) in [6.07, 6.45) is 1.29. The number of likely N-dealkylation sites (tertiary alicyclic amines) is 1. The van der Waals surface area contributed by atoms with Crippen molar-refractivity contribution in [3.05, 3.63) is 35.1 Å². The van der Waals surface area contributed by atoms with Crippen molar-refractivity contribution < 1.29 is 28.6 Å². The molecule has 1 unspecified atom stereocenters. The first-order valence-corrected chi connectivity index (χ1v) is 13.5. The summed E-state index contributed by atoms with van der Waals surface area (Å²) in [6, 6.07) is 4.95. The highest BCUT2D eigenvalue weighted by molar-refractivity contribution is 8.01. The van der Waals surface area contributed by atoms with E-state index in [1.807, 2.05) is 26.8 Å². The molecule has 2 saturated heterocycles. The van der Waals surface area contributed by atoms with Crippen molar-refractivity contribution in [1.82, 2.24) is 9.80 Å². The molecular formula is C27H39FN2O5S. The van der Waals surface area contributed by atoms with Gasteiger partial charge in [0.05, 0.1) is 11.7 Å². The second kappa shape index (κ2) is 11.0. The minimum atomic E-state index is -1.02. The Morgan fingerprint density at radius 3 is 2.33 bits per heavy atom. The number of hydrogen-bond acceptors (Lipinski definition) is 5. The first kappa shape index (κ1) is 28.3. The maximum Gasteiger partial charge on any atom is 0.410 e. The minimum Gasteiger partial charge on any atom is -0.481 e. The number of benzene rings is 1. The van der Waals surface area contributed by atoms with Crippen molar-refractivity contribution in [1.29, 1.82) is 0 Å².